The fraction of sp³-hybridized carbons (Fsp3) is 0.750. The van der Waals surface area contributed by atoms with E-state index in [0.29, 0.717) is 6.10 Å². The van der Waals surface area contributed by atoms with Gasteiger partial charge in [0.2, 0.25) is 0 Å². The molecule has 2 fully saturated rings. The predicted molar refractivity (Wildman–Crippen MR) is 81.4 cm³/mol. The molecule has 0 aromatic carbocycles. The van der Waals surface area contributed by atoms with Gasteiger partial charge >= 0.3 is 0 Å². The molecule has 3 rings (SSSR count). The Morgan fingerprint density at radius 1 is 1.52 bits per heavy atom. The van der Waals surface area contributed by atoms with Crippen LogP contribution in [0.25, 0.3) is 0 Å². The Morgan fingerprint density at radius 2 is 2.43 bits per heavy atom. The molecule has 0 amide bonds. The Morgan fingerprint density at radius 3 is 3.19 bits per heavy atom. The molecule has 5 heteroatoms. The molecule has 2 saturated heterocycles. The Bertz CT molecular complexity index is 454. The SMILES string of the molecule is CC(C)OCC12CCCOC1CCN(c1ccncn1)C2. The lowest BCUT2D eigenvalue weighted by molar-refractivity contribution is -0.132. The van der Waals surface area contributed by atoms with E-state index in [9.17, 15) is 0 Å². The highest BCUT2D eigenvalue weighted by Crippen LogP contribution is 2.41. The smallest absolute Gasteiger partial charge is 0.131 e. The zero-order chi connectivity index (χ0) is 14.7. The fourth-order valence-electron chi connectivity index (χ4n) is 3.50. The summed E-state index contributed by atoms with van der Waals surface area (Å²) in [4.78, 5) is 10.8. The number of fused-ring (bicyclic) bond motifs is 1. The van der Waals surface area contributed by atoms with Crippen LogP contribution in [0.1, 0.15) is 33.1 Å². The highest BCUT2D eigenvalue weighted by molar-refractivity contribution is 5.38. The van der Waals surface area contributed by atoms with Crippen LogP contribution in [0.2, 0.25) is 0 Å². The van der Waals surface area contributed by atoms with Gasteiger partial charge < -0.3 is 14.4 Å². The summed E-state index contributed by atoms with van der Waals surface area (Å²) in [6, 6.07) is 1.99. The van der Waals surface area contributed by atoms with Crippen molar-refractivity contribution >= 4 is 5.82 Å². The van der Waals surface area contributed by atoms with Gasteiger partial charge in [0.1, 0.15) is 12.1 Å². The summed E-state index contributed by atoms with van der Waals surface area (Å²) >= 11 is 0. The van der Waals surface area contributed by atoms with Crippen LogP contribution >= 0.6 is 0 Å². The summed E-state index contributed by atoms with van der Waals surface area (Å²) in [5.41, 5.74) is 0.103. The van der Waals surface area contributed by atoms with Crippen LogP contribution in [-0.4, -0.2) is 48.5 Å². The van der Waals surface area contributed by atoms with E-state index in [2.05, 4.69) is 28.7 Å². The zero-order valence-corrected chi connectivity index (χ0v) is 13.0. The van der Waals surface area contributed by atoms with Gasteiger partial charge in [0.25, 0.3) is 0 Å². The highest BCUT2D eigenvalue weighted by atomic mass is 16.5. The summed E-state index contributed by atoms with van der Waals surface area (Å²) < 4.78 is 12.0. The first-order chi connectivity index (χ1) is 10.2. The predicted octanol–water partition coefficient (Wildman–Crippen LogP) is 2.28. The third kappa shape index (κ3) is 3.19. The topological polar surface area (TPSA) is 47.5 Å². The molecule has 2 atom stereocenters. The molecule has 2 unspecified atom stereocenters. The van der Waals surface area contributed by atoms with E-state index in [-0.39, 0.29) is 11.5 Å². The first-order valence-corrected chi connectivity index (χ1v) is 7.94. The van der Waals surface area contributed by atoms with Gasteiger partial charge in [-0.15, -0.1) is 0 Å². The average molecular weight is 291 g/mol. The fourth-order valence-corrected chi connectivity index (χ4v) is 3.50. The molecule has 21 heavy (non-hydrogen) atoms. The number of hydrogen-bond donors (Lipinski definition) is 0. The summed E-state index contributed by atoms with van der Waals surface area (Å²) in [7, 11) is 0. The van der Waals surface area contributed by atoms with Gasteiger partial charge in [-0.2, -0.15) is 0 Å². The highest BCUT2D eigenvalue weighted by Gasteiger charge is 2.46. The van der Waals surface area contributed by atoms with Crippen molar-refractivity contribution in [2.75, 3.05) is 31.2 Å². The summed E-state index contributed by atoms with van der Waals surface area (Å²) in [6.45, 7) is 7.81. The van der Waals surface area contributed by atoms with Crippen molar-refractivity contribution in [3.8, 4) is 0 Å². The largest absolute Gasteiger partial charge is 0.378 e. The monoisotopic (exact) mass is 291 g/mol. The van der Waals surface area contributed by atoms with E-state index >= 15 is 0 Å². The van der Waals surface area contributed by atoms with Gasteiger partial charge in [-0.05, 0) is 39.2 Å². The normalized spacial score (nSPS) is 29.5. The standard InChI is InChI=1S/C16H25N3O2/c1-13(2)21-11-16-6-3-9-20-14(16)5-8-19(10-16)15-4-7-17-12-18-15/h4,7,12-14H,3,5-6,8-11H2,1-2H3. The zero-order valence-electron chi connectivity index (χ0n) is 13.0. The lowest BCUT2D eigenvalue weighted by Gasteiger charge is -2.50. The third-order valence-corrected chi connectivity index (χ3v) is 4.58. The van der Waals surface area contributed by atoms with Crippen LogP contribution < -0.4 is 4.90 Å². The van der Waals surface area contributed by atoms with Crippen LogP contribution in [0.4, 0.5) is 5.82 Å². The lowest BCUT2D eigenvalue weighted by Crippen LogP contribution is -2.57. The van der Waals surface area contributed by atoms with E-state index < -0.39 is 0 Å². The number of rotatable bonds is 4. The number of aromatic nitrogens is 2. The van der Waals surface area contributed by atoms with E-state index in [0.717, 1.165) is 45.0 Å². The van der Waals surface area contributed by atoms with E-state index in [1.165, 1.54) is 6.42 Å². The van der Waals surface area contributed by atoms with Gasteiger partial charge in [-0.25, -0.2) is 9.97 Å². The molecule has 0 spiro atoms. The molecule has 5 nitrogen and oxygen atoms in total. The maximum absolute atomic E-state index is 6.06. The summed E-state index contributed by atoms with van der Waals surface area (Å²) in [5.74, 6) is 1.01. The quantitative estimate of drug-likeness (QED) is 0.851. The molecule has 0 radical (unpaired) electrons. The number of piperidine rings is 1. The van der Waals surface area contributed by atoms with Gasteiger partial charge in [0.05, 0.1) is 18.8 Å². The second-order valence-corrected chi connectivity index (χ2v) is 6.46. The molecular weight excluding hydrogens is 266 g/mol. The maximum atomic E-state index is 6.06. The molecule has 1 aromatic rings. The number of anilines is 1. The van der Waals surface area contributed by atoms with E-state index in [1.54, 1.807) is 6.33 Å². The Kier molecular flexibility index (Phi) is 4.40. The van der Waals surface area contributed by atoms with Crippen LogP contribution in [0.15, 0.2) is 18.6 Å². The first kappa shape index (κ1) is 14.7. The van der Waals surface area contributed by atoms with Gasteiger partial charge in [-0.1, -0.05) is 0 Å². The molecule has 0 bridgehead atoms. The molecule has 0 saturated carbocycles. The molecule has 3 heterocycles. The van der Waals surface area contributed by atoms with Crippen molar-refractivity contribution in [1.29, 1.82) is 0 Å². The van der Waals surface area contributed by atoms with Crippen molar-refractivity contribution in [3.63, 3.8) is 0 Å². The van der Waals surface area contributed by atoms with Crippen molar-refractivity contribution in [2.24, 2.45) is 5.41 Å². The second kappa shape index (κ2) is 6.28. The number of nitrogens with zero attached hydrogens (tertiary/aromatic N) is 3. The lowest BCUT2D eigenvalue weighted by atomic mass is 9.73. The minimum atomic E-state index is 0.103. The van der Waals surface area contributed by atoms with Crippen LogP contribution in [0.5, 0.6) is 0 Å². The molecular formula is C16H25N3O2. The summed E-state index contributed by atoms with van der Waals surface area (Å²) in [6.07, 6.45) is 7.35. The molecule has 1 aromatic heterocycles. The van der Waals surface area contributed by atoms with Crippen LogP contribution in [0, 0.1) is 5.41 Å². The molecule has 116 valence electrons. The van der Waals surface area contributed by atoms with Gasteiger partial charge in [0, 0.05) is 31.3 Å². The van der Waals surface area contributed by atoms with Crippen LogP contribution in [0.3, 0.4) is 0 Å². The Hall–Kier alpha value is -1.20. The Balaban J connectivity index is 1.77. The van der Waals surface area contributed by atoms with Gasteiger partial charge in [-0.3, -0.25) is 0 Å². The molecule has 0 N–H and O–H groups in total. The minimum absolute atomic E-state index is 0.103. The average Bonchev–Trinajstić information content (AvgIpc) is 2.53. The number of ether oxygens (including phenoxy) is 2. The Labute approximate surface area is 126 Å². The van der Waals surface area contributed by atoms with Gasteiger partial charge in [0.15, 0.2) is 0 Å². The first-order valence-electron chi connectivity index (χ1n) is 7.94. The third-order valence-electron chi connectivity index (χ3n) is 4.58. The number of hydrogen-bond acceptors (Lipinski definition) is 5. The maximum Gasteiger partial charge on any atom is 0.131 e. The van der Waals surface area contributed by atoms with E-state index in [1.807, 2.05) is 12.3 Å². The molecule has 2 aliphatic heterocycles. The van der Waals surface area contributed by atoms with Crippen molar-refractivity contribution in [1.82, 2.24) is 9.97 Å². The second-order valence-electron chi connectivity index (χ2n) is 6.46. The minimum Gasteiger partial charge on any atom is -0.378 e. The van der Waals surface area contributed by atoms with Crippen LogP contribution in [-0.2, 0) is 9.47 Å². The summed E-state index contributed by atoms with van der Waals surface area (Å²) in [5, 5.41) is 0. The molecule has 0 aliphatic carbocycles. The molecule has 2 aliphatic rings. The van der Waals surface area contributed by atoms with Crippen molar-refractivity contribution < 1.29 is 9.47 Å². The van der Waals surface area contributed by atoms with E-state index in [4.69, 9.17) is 9.47 Å². The van der Waals surface area contributed by atoms with Crippen molar-refractivity contribution in [2.45, 2.75) is 45.3 Å². The van der Waals surface area contributed by atoms with Crippen molar-refractivity contribution in [3.05, 3.63) is 18.6 Å².